The van der Waals surface area contributed by atoms with E-state index in [9.17, 15) is 14.0 Å². The number of hydrogen-bond donors (Lipinski definition) is 1. The van der Waals surface area contributed by atoms with E-state index in [1.807, 2.05) is 13.8 Å². The van der Waals surface area contributed by atoms with E-state index in [1.54, 1.807) is 18.2 Å². The molecule has 1 aliphatic rings. The summed E-state index contributed by atoms with van der Waals surface area (Å²) in [6, 6.07) is 5.84. The second-order valence-electron chi connectivity index (χ2n) is 6.61. The second kappa shape index (κ2) is 6.28. The average Bonchev–Trinajstić information content (AvgIpc) is 2.88. The lowest BCUT2D eigenvalue weighted by molar-refractivity contribution is -0.111. The predicted octanol–water partition coefficient (Wildman–Crippen LogP) is 4.09. The van der Waals surface area contributed by atoms with Gasteiger partial charge in [0.15, 0.2) is 10.9 Å². The summed E-state index contributed by atoms with van der Waals surface area (Å²) < 4.78 is 12.8. The maximum atomic E-state index is 12.8. The molecule has 3 rings (SSSR count). The molecule has 0 atom stereocenters. The van der Waals surface area contributed by atoms with Crippen LogP contribution in [0, 0.1) is 11.2 Å². The van der Waals surface area contributed by atoms with Crippen LogP contribution in [-0.4, -0.2) is 16.7 Å². The predicted molar refractivity (Wildman–Crippen MR) is 92.6 cm³/mol. The fourth-order valence-corrected chi connectivity index (χ4v) is 3.59. The fourth-order valence-electron chi connectivity index (χ4n) is 2.67. The highest BCUT2D eigenvalue weighted by Gasteiger charge is 2.33. The van der Waals surface area contributed by atoms with Crippen molar-refractivity contribution in [2.45, 2.75) is 26.7 Å². The van der Waals surface area contributed by atoms with Crippen molar-refractivity contribution in [3.05, 3.63) is 52.3 Å². The van der Waals surface area contributed by atoms with Gasteiger partial charge in [-0.05, 0) is 35.6 Å². The number of rotatable bonds is 3. The van der Waals surface area contributed by atoms with Crippen LogP contribution in [0.4, 0.5) is 9.52 Å². The number of thiazole rings is 1. The first-order valence-corrected chi connectivity index (χ1v) is 8.42. The first-order chi connectivity index (χ1) is 11.3. The van der Waals surface area contributed by atoms with Crippen LogP contribution in [0.2, 0.25) is 0 Å². The maximum Gasteiger partial charge on any atom is 0.250 e. The minimum absolute atomic E-state index is 0.0844. The summed E-state index contributed by atoms with van der Waals surface area (Å²) in [4.78, 5) is 29.2. The van der Waals surface area contributed by atoms with Crippen LogP contribution in [-0.2, 0) is 11.2 Å². The summed E-state index contributed by atoms with van der Waals surface area (Å²) in [5.74, 6) is -0.573. The molecule has 1 N–H and O–H groups in total. The third-order valence-corrected chi connectivity index (χ3v) is 4.82. The highest BCUT2D eigenvalue weighted by Crippen LogP contribution is 2.38. The Hall–Kier alpha value is -2.34. The molecule has 0 spiro atoms. The molecule has 24 heavy (non-hydrogen) atoms. The van der Waals surface area contributed by atoms with Gasteiger partial charge < -0.3 is 0 Å². The highest BCUT2D eigenvalue weighted by molar-refractivity contribution is 7.17. The molecule has 0 radical (unpaired) electrons. The Bertz CT molecular complexity index is 822. The third-order valence-electron chi connectivity index (χ3n) is 3.76. The molecule has 124 valence electrons. The Kier molecular flexibility index (Phi) is 4.32. The number of hydrogen-bond acceptors (Lipinski definition) is 4. The molecular formula is C18H17FN2O2S. The van der Waals surface area contributed by atoms with E-state index < -0.39 is 0 Å². The summed E-state index contributed by atoms with van der Waals surface area (Å²) in [7, 11) is 0. The van der Waals surface area contributed by atoms with Gasteiger partial charge >= 0.3 is 0 Å². The second-order valence-corrected chi connectivity index (χ2v) is 7.61. The minimum Gasteiger partial charge on any atom is -0.298 e. The summed E-state index contributed by atoms with van der Waals surface area (Å²) in [5.41, 5.74) is 1.39. The SMILES string of the molecule is CC1(C)CC(=O)c2sc(NC(=O)/C=C/c3ccc(F)cc3)nc2C1. The number of Topliss-reactive ketones (excluding diaryl/α,β-unsaturated/α-hetero) is 1. The first-order valence-electron chi connectivity index (χ1n) is 7.60. The van der Waals surface area contributed by atoms with Gasteiger partial charge in [-0.3, -0.25) is 14.9 Å². The van der Waals surface area contributed by atoms with Crippen molar-refractivity contribution in [1.29, 1.82) is 0 Å². The molecule has 2 aromatic rings. The largest absolute Gasteiger partial charge is 0.298 e. The van der Waals surface area contributed by atoms with E-state index in [2.05, 4.69) is 10.3 Å². The van der Waals surface area contributed by atoms with Crippen LogP contribution < -0.4 is 5.32 Å². The zero-order valence-electron chi connectivity index (χ0n) is 13.4. The van der Waals surface area contributed by atoms with Gasteiger partial charge in [0.1, 0.15) is 5.82 Å². The van der Waals surface area contributed by atoms with Crippen LogP contribution in [0.5, 0.6) is 0 Å². The van der Waals surface area contributed by atoms with Crippen LogP contribution in [0.15, 0.2) is 30.3 Å². The number of benzene rings is 1. The van der Waals surface area contributed by atoms with Crippen LogP contribution >= 0.6 is 11.3 Å². The number of carbonyl (C=O) groups is 2. The monoisotopic (exact) mass is 344 g/mol. The fraction of sp³-hybridized carbons (Fsp3) is 0.278. The Morgan fingerprint density at radius 2 is 2.00 bits per heavy atom. The lowest BCUT2D eigenvalue weighted by Crippen LogP contribution is -2.26. The summed E-state index contributed by atoms with van der Waals surface area (Å²) >= 11 is 1.22. The normalized spacial score (nSPS) is 16.2. The van der Waals surface area contributed by atoms with Gasteiger partial charge in [-0.15, -0.1) is 0 Å². The quantitative estimate of drug-likeness (QED) is 0.853. The molecule has 0 unspecified atom stereocenters. The van der Waals surface area contributed by atoms with Crippen molar-refractivity contribution in [2.75, 3.05) is 5.32 Å². The number of ketones is 1. The van der Waals surface area contributed by atoms with Crippen LogP contribution in [0.3, 0.4) is 0 Å². The van der Waals surface area contributed by atoms with E-state index in [1.165, 1.54) is 29.5 Å². The Labute approximate surface area is 143 Å². The molecule has 1 aromatic heterocycles. The lowest BCUT2D eigenvalue weighted by Gasteiger charge is -2.26. The highest BCUT2D eigenvalue weighted by atomic mass is 32.1. The number of nitrogens with one attached hydrogen (secondary N) is 1. The molecule has 1 amide bonds. The van der Waals surface area contributed by atoms with Gasteiger partial charge in [-0.25, -0.2) is 9.37 Å². The number of nitrogens with zero attached hydrogens (tertiary/aromatic N) is 1. The number of anilines is 1. The molecule has 0 saturated carbocycles. The maximum absolute atomic E-state index is 12.8. The summed E-state index contributed by atoms with van der Waals surface area (Å²) in [6.07, 6.45) is 4.18. The molecule has 0 fully saturated rings. The minimum atomic E-state index is -0.336. The van der Waals surface area contributed by atoms with Gasteiger partial charge in [-0.1, -0.05) is 37.3 Å². The number of halogens is 1. The number of fused-ring (bicyclic) bond motifs is 1. The topological polar surface area (TPSA) is 59.1 Å². The average molecular weight is 344 g/mol. The van der Waals surface area contributed by atoms with Gasteiger partial charge in [0, 0.05) is 12.5 Å². The van der Waals surface area contributed by atoms with Crippen molar-refractivity contribution in [3.63, 3.8) is 0 Å². The van der Waals surface area contributed by atoms with Gasteiger partial charge in [0.2, 0.25) is 5.91 Å². The Balaban J connectivity index is 1.69. The van der Waals surface area contributed by atoms with E-state index in [0.717, 1.165) is 17.7 Å². The molecule has 6 heteroatoms. The van der Waals surface area contributed by atoms with E-state index >= 15 is 0 Å². The van der Waals surface area contributed by atoms with Gasteiger partial charge in [-0.2, -0.15) is 0 Å². The summed E-state index contributed by atoms with van der Waals surface area (Å²) in [6.45, 7) is 4.08. The number of carbonyl (C=O) groups excluding carboxylic acids is 2. The lowest BCUT2D eigenvalue weighted by atomic mass is 9.78. The Morgan fingerprint density at radius 1 is 1.29 bits per heavy atom. The third kappa shape index (κ3) is 3.76. The number of amides is 1. The molecule has 0 saturated heterocycles. The molecular weight excluding hydrogens is 327 g/mol. The molecule has 0 bridgehead atoms. The zero-order chi connectivity index (χ0) is 17.3. The number of aromatic nitrogens is 1. The van der Waals surface area contributed by atoms with Crippen molar-refractivity contribution in [1.82, 2.24) is 4.98 Å². The summed E-state index contributed by atoms with van der Waals surface area (Å²) in [5, 5.41) is 3.11. The standard InChI is InChI=1S/C18H17FN2O2S/c1-18(2)9-13-16(14(22)10-18)24-17(20-13)21-15(23)8-5-11-3-6-12(19)7-4-11/h3-8H,9-10H2,1-2H3,(H,20,21,23)/b8-5+. The first kappa shape index (κ1) is 16.5. The molecule has 1 aromatic carbocycles. The molecule has 0 aliphatic heterocycles. The van der Waals surface area contributed by atoms with Crippen LogP contribution in [0.25, 0.3) is 6.08 Å². The van der Waals surface area contributed by atoms with E-state index in [4.69, 9.17) is 0 Å². The van der Waals surface area contributed by atoms with Crippen molar-refractivity contribution < 1.29 is 14.0 Å². The van der Waals surface area contributed by atoms with Gasteiger partial charge in [0.05, 0.1) is 10.6 Å². The zero-order valence-corrected chi connectivity index (χ0v) is 14.2. The van der Waals surface area contributed by atoms with Crippen molar-refractivity contribution >= 4 is 34.2 Å². The molecule has 1 heterocycles. The van der Waals surface area contributed by atoms with Crippen molar-refractivity contribution in [2.24, 2.45) is 5.41 Å². The molecule has 4 nitrogen and oxygen atoms in total. The van der Waals surface area contributed by atoms with Crippen LogP contribution in [0.1, 0.15) is 41.2 Å². The van der Waals surface area contributed by atoms with Gasteiger partial charge in [0.25, 0.3) is 0 Å². The van der Waals surface area contributed by atoms with E-state index in [0.29, 0.717) is 16.4 Å². The van der Waals surface area contributed by atoms with Crippen molar-refractivity contribution in [3.8, 4) is 0 Å². The smallest absolute Gasteiger partial charge is 0.250 e. The Morgan fingerprint density at radius 3 is 2.71 bits per heavy atom. The van der Waals surface area contributed by atoms with E-state index in [-0.39, 0.29) is 22.9 Å². The molecule has 1 aliphatic carbocycles.